The van der Waals surface area contributed by atoms with E-state index in [2.05, 4.69) is 56.7 Å². The Bertz CT molecular complexity index is 808. The Labute approximate surface area is 145 Å². The molecule has 0 spiro atoms. The number of thiazole rings is 1. The molecule has 0 bridgehead atoms. The average molecular weight is 339 g/mol. The fraction of sp³-hybridized carbons (Fsp3) is 0.389. The molecule has 1 aromatic carbocycles. The van der Waals surface area contributed by atoms with E-state index in [1.807, 2.05) is 6.07 Å². The van der Waals surface area contributed by atoms with Gasteiger partial charge in [-0.1, -0.05) is 37.3 Å². The van der Waals surface area contributed by atoms with Crippen molar-refractivity contribution in [1.29, 1.82) is 0 Å². The Hall–Kier alpha value is -2.05. The minimum atomic E-state index is 0.438. The van der Waals surface area contributed by atoms with Gasteiger partial charge in [-0.15, -0.1) is 11.3 Å². The Morgan fingerprint density at radius 2 is 2.12 bits per heavy atom. The molecule has 0 amide bonds. The molecule has 2 aromatic heterocycles. The molecule has 124 valence electrons. The zero-order chi connectivity index (χ0) is 16.4. The van der Waals surface area contributed by atoms with Crippen molar-refractivity contribution >= 4 is 11.3 Å². The van der Waals surface area contributed by atoms with Crippen LogP contribution >= 0.6 is 11.3 Å². The molecule has 3 aromatic rings. The van der Waals surface area contributed by atoms with Gasteiger partial charge in [-0.2, -0.15) is 5.10 Å². The van der Waals surface area contributed by atoms with Crippen LogP contribution in [0, 0.1) is 0 Å². The smallest absolute Gasteiger partial charge is 0.150 e. The summed E-state index contributed by atoms with van der Waals surface area (Å²) in [4.78, 5) is 9.32. The maximum absolute atomic E-state index is 4.75. The first kappa shape index (κ1) is 15.5. The Morgan fingerprint density at radius 1 is 1.25 bits per heavy atom. The largest absolute Gasteiger partial charge is 0.306 e. The molecular weight excluding hydrogens is 318 g/mol. The van der Waals surface area contributed by atoms with Gasteiger partial charge in [0.1, 0.15) is 10.8 Å². The van der Waals surface area contributed by atoms with Crippen molar-refractivity contribution in [1.82, 2.24) is 25.1 Å². The minimum Gasteiger partial charge on any atom is -0.306 e. The van der Waals surface area contributed by atoms with Gasteiger partial charge in [0, 0.05) is 36.4 Å². The number of rotatable bonds is 5. The standard InChI is InChI=1S/C18H21N5S/c1-2-16-21-17-9-8-14(11-23(17)22-16)19-10-18-20-15(12-24-18)13-6-4-3-5-7-13/h3-7,12,14,19H,2,8-11H2,1H3. The molecule has 1 aliphatic rings. The van der Waals surface area contributed by atoms with Gasteiger partial charge in [-0.3, -0.25) is 0 Å². The number of aryl methyl sites for hydroxylation is 2. The molecule has 1 aliphatic heterocycles. The second-order valence-corrected chi connectivity index (χ2v) is 7.03. The van der Waals surface area contributed by atoms with E-state index in [4.69, 9.17) is 4.98 Å². The highest BCUT2D eigenvalue weighted by atomic mass is 32.1. The van der Waals surface area contributed by atoms with E-state index in [9.17, 15) is 0 Å². The van der Waals surface area contributed by atoms with Gasteiger partial charge in [0.05, 0.1) is 12.2 Å². The summed E-state index contributed by atoms with van der Waals surface area (Å²) < 4.78 is 2.07. The molecule has 5 nitrogen and oxygen atoms in total. The molecule has 0 saturated carbocycles. The Kier molecular flexibility index (Phi) is 4.40. The van der Waals surface area contributed by atoms with Crippen LogP contribution in [-0.2, 0) is 25.9 Å². The highest BCUT2D eigenvalue weighted by molar-refractivity contribution is 7.09. The summed E-state index contributed by atoms with van der Waals surface area (Å²) in [7, 11) is 0. The summed E-state index contributed by atoms with van der Waals surface area (Å²) in [5, 5.41) is 11.5. The molecule has 24 heavy (non-hydrogen) atoms. The van der Waals surface area contributed by atoms with Crippen LogP contribution in [-0.4, -0.2) is 25.8 Å². The van der Waals surface area contributed by atoms with Crippen LogP contribution in [0.2, 0.25) is 0 Å². The number of hydrogen-bond donors (Lipinski definition) is 1. The first-order valence-electron chi connectivity index (χ1n) is 8.47. The predicted molar refractivity (Wildman–Crippen MR) is 95.9 cm³/mol. The molecule has 1 atom stereocenters. The van der Waals surface area contributed by atoms with Gasteiger partial charge in [-0.25, -0.2) is 14.6 Å². The number of fused-ring (bicyclic) bond motifs is 1. The van der Waals surface area contributed by atoms with E-state index in [0.29, 0.717) is 6.04 Å². The molecule has 0 radical (unpaired) electrons. The van der Waals surface area contributed by atoms with Crippen molar-refractivity contribution < 1.29 is 0 Å². The van der Waals surface area contributed by atoms with Crippen molar-refractivity contribution in [2.75, 3.05) is 0 Å². The zero-order valence-corrected chi connectivity index (χ0v) is 14.6. The molecular formula is C18H21N5S. The van der Waals surface area contributed by atoms with Crippen LogP contribution in [0.1, 0.15) is 30.0 Å². The number of aromatic nitrogens is 4. The average Bonchev–Trinajstić information content (AvgIpc) is 3.27. The first-order valence-corrected chi connectivity index (χ1v) is 9.35. The van der Waals surface area contributed by atoms with Gasteiger partial charge in [0.15, 0.2) is 5.82 Å². The second-order valence-electron chi connectivity index (χ2n) is 6.09. The summed E-state index contributed by atoms with van der Waals surface area (Å²) in [5.41, 5.74) is 2.24. The monoisotopic (exact) mass is 339 g/mol. The number of nitrogens with one attached hydrogen (secondary N) is 1. The third-order valence-electron chi connectivity index (χ3n) is 4.38. The summed E-state index contributed by atoms with van der Waals surface area (Å²) >= 11 is 1.72. The lowest BCUT2D eigenvalue weighted by atomic mass is 10.1. The lowest BCUT2D eigenvalue weighted by Gasteiger charge is -2.23. The topological polar surface area (TPSA) is 55.6 Å². The zero-order valence-electron chi connectivity index (χ0n) is 13.8. The minimum absolute atomic E-state index is 0.438. The van der Waals surface area contributed by atoms with Crippen LogP contribution in [0.5, 0.6) is 0 Å². The lowest BCUT2D eigenvalue weighted by Crippen LogP contribution is -2.37. The van der Waals surface area contributed by atoms with E-state index in [0.717, 1.165) is 54.7 Å². The molecule has 0 fully saturated rings. The van der Waals surface area contributed by atoms with E-state index in [1.165, 1.54) is 5.56 Å². The fourth-order valence-electron chi connectivity index (χ4n) is 3.04. The molecule has 3 heterocycles. The fourth-order valence-corrected chi connectivity index (χ4v) is 3.80. The number of hydrogen-bond acceptors (Lipinski definition) is 5. The van der Waals surface area contributed by atoms with Crippen LogP contribution in [0.3, 0.4) is 0 Å². The number of nitrogens with zero attached hydrogens (tertiary/aromatic N) is 4. The van der Waals surface area contributed by atoms with Crippen molar-refractivity contribution in [3.63, 3.8) is 0 Å². The maximum atomic E-state index is 4.75. The molecule has 6 heteroatoms. The Balaban J connectivity index is 1.37. The molecule has 1 unspecified atom stereocenters. The third-order valence-corrected chi connectivity index (χ3v) is 5.23. The molecule has 4 rings (SSSR count). The summed E-state index contributed by atoms with van der Waals surface area (Å²) in [6.45, 7) is 3.82. The van der Waals surface area contributed by atoms with Gasteiger partial charge < -0.3 is 5.32 Å². The summed E-state index contributed by atoms with van der Waals surface area (Å²) in [6.07, 6.45) is 3.01. The van der Waals surface area contributed by atoms with Crippen LogP contribution in [0.4, 0.5) is 0 Å². The van der Waals surface area contributed by atoms with Crippen LogP contribution < -0.4 is 5.32 Å². The van der Waals surface area contributed by atoms with Crippen molar-refractivity contribution in [3.05, 3.63) is 52.4 Å². The second kappa shape index (κ2) is 6.83. The van der Waals surface area contributed by atoms with E-state index in [-0.39, 0.29) is 0 Å². The molecule has 0 saturated heterocycles. The van der Waals surface area contributed by atoms with E-state index >= 15 is 0 Å². The van der Waals surface area contributed by atoms with E-state index < -0.39 is 0 Å². The quantitative estimate of drug-likeness (QED) is 0.776. The molecule has 1 N–H and O–H groups in total. The first-order chi connectivity index (χ1) is 11.8. The van der Waals surface area contributed by atoms with Crippen molar-refractivity contribution in [3.8, 4) is 11.3 Å². The highest BCUT2D eigenvalue weighted by Crippen LogP contribution is 2.22. The van der Waals surface area contributed by atoms with Crippen molar-refractivity contribution in [2.24, 2.45) is 0 Å². The van der Waals surface area contributed by atoms with Crippen LogP contribution in [0.15, 0.2) is 35.7 Å². The lowest BCUT2D eigenvalue weighted by molar-refractivity contribution is 0.357. The SMILES string of the molecule is CCc1nc2n(n1)CC(NCc1nc(-c3ccccc3)cs1)CC2. The normalized spacial score (nSPS) is 17.0. The predicted octanol–water partition coefficient (Wildman–Crippen LogP) is 3.07. The third kappa shape index (κ3) is 3.25. The summed E-state index contributed by atoms with van der Waals surface area (Å²) in [5.74, 6) is 2.09. The Morgan fingerprint density at radius 3 is 2.96 bits per heavy atom. The van der Waals surface area contributed by atoms with Crippen LogP contribution in [0.25, 0.3) is 11.3 Å². The highest BCUT2D eigenvalue weighted by Gasteiger charge is 2.21. The van der Waals surface area contributed by atoms with Gasteiger partial charge >= 0.3 is 0 Å². The molecule has 0 aliphatic carbocycles. The van der Waals surface area contributed by atoms with Gasteiger partial charge in [0.2, 0.25) is 0 Å². The van der Waals surface area contributed by atoms with E-state index in [1.54, 1.807) is 11.3 Å². The van der Waals surface area contributed by atoms with Crippen molar-refractivity contribution in [2.45, 2.75) is 45.3 Å². The van der Waals surface area contributed by atoms with Gasteiger partial charge in [-0.05, 0) is 6.42 Å². The van der Waals surface area contributed by atoms with Gasteiger partial charge in [0.25, 0.3) is 0 Å². The number of benzene rings is 1. The summed E-state index contributed by atoms with van der Waals surface area (Å²) in [6, 6.07) is 10.8. The maximum Gasteiger partial charge on any atom is 0.150 e.